The van der Waals surface area contributed by atoms with Crippen molar-refractivity contribution >= 4 is 5.82 Å². The third-order valence-corrected chi connectivity index (χ3v) is 2.98. The second-order valence-electron chi connectivity index (χ2n) is 4.91. The largest absolute Gasteiger partial charge is 0.389 e. The predicted molar refractivity (Wildman–Crippen MR) is 67.2 cm³/mol. The molecule has 19 heavy (non-hydrogen) atoms. The molecule has 1 saturated carbocycles. The minimum atomic E-state index is -4.16. The Labute approximate surface area is 110 Å². The van der Waals surface area contributed by atoms with Crippen molar-refractivity contribution in [1.82, 2.24) is 9.97 Å². The maximum absolute atomic E-state index is 12.2. The molecule has 0 radical (unpaired) electrons. The lowest BCUT2D eigenvalue weighted by Crippen LogP contribution is -2.12. The molecule has 1 heterocycles. The molecular formula is C13H18F3N3. The second kappa shape index (κ2) is 5.75. The summed E-state index contributed by atoms with van der Waals surface area (Å²) in [5.41, 5.74) is 0.880. The SMILES string of the molecule is CCCNc1cc(C2CC2)nc(CCC(F)(F)F)n1. The zero-order valence-electron chi connectivity index (χ0n) is 10.9. The van der Waals surface area contributed by atoms with Gasteiger partial charge in [-0.2, -0.15) is 13.2 Å². The zero-order valence-corrected chi connectivity index (χ0v) is 10.9. The van der Waals surface area contributed by atoms with E-state index in [1.54, 1.807) is 0 Å². The molecule has 0 bridgehead atoms. The van der Waals surface area contributed by atoms with Crippen molar-refractivity contribution in [1.29, 1.82) is 0 Å². The standard InChI is InChI=1S/C13H18F3N3/c1-2-7-17-12-8-10(9-3-4-9)18-11(19-12)5-6-13(14,15)16/h8-9H,2-7H2,1H3,(H,17,18,19). The highest BCUT2D eigenvalue weighted by atomic mass is 19.4. The number of hydrogen-bond donors (Lipinski definition) is 1. The molecule has 1 N–H and O–H groups in total. The fourth-order valence-corrected chi connectivity index (χ4v) is 1.81. The first-order valence-corrected chi connectivity index (χ1v) is 6.66. The number of halogens is 3. The van der Waals surface area contributed by atoms with Gasteiger partial charge in [0.1, 0.15) is 11.6 Å². The Kier molecular flexibility index (Phi) is 4.27. The van der Waals surface area contributed by atoms with E-state index in [2.05, 4.69) is 15.3 Å². The molecule has 0 saturated heterocycles. The van der Waals surface area contributed by atoms with Crippen molar-refractivity contribution in [3.63, 3.8) is 0 Å². The summed E-state index contributed by atoms with van der Waals surface area (Å²) in [6.45, 7) is 2.79. The summed E-state index contributed by atoms with van der Waals surface area (Å²) in [7, 11) is 0. The predicted octanol–water partition coefficient (Wildman–Crippen LogP) is 3.67. The van der Waals surface area contributed by atoms with Gasteiger partial charge in [-0.1, -0.05) is 6.92 Å². The van der Waals surface area contributed by atoms with Crippen molar-refractivity contribution in [2.45, 2.75) is 51.1 Å². The highest BCUT2D eigenvalue weighted by Gasteiger charge is 2.29. The van der Waals surface area contributed by atoms with E-state index in [1.165, 1.54) is 0 Å². The van der Waals surface area contributed by atoms with Gasteiger partial charge in [0.25, 0.3) is 0 Å². The van der Waals surface area contributed by atoms with Gasteiger partial charge in [-0.05, 0) is 19.3 Å². The zero-order chi connectivity index (χ0) is 13.9. The van der Waals surface area contributed by atoms with E-state index >= 15 is 0 Å². The summed E-state index contributed by atoms with van der Waals surface area (Å²) in [6.07, 6.45) is -2.08. The number of anilines is 1. The fourth-order valence-electron chi connectivity index (χ4n) is 1.81. The van der Waals surface area contributed by atoms with Gasteiger partial charge >= 0.3 is 6.18 Å². The maximum atomic E-state index is 12.2. The van der Waals surface area contributed by atoms with E-state index in [1.807, 2.05) is 13.0 Å². The molecule has 0 spiro atoms. The van der Waals surface area contributed by atoms with Crippen molar-refractivity contribution in [3.05, 3.63) is 17.6 Å². The number of alkyl halides is 3. The molecule has 1 aromatic heterocycles. The molecule has 3 nitrogen and oxygen atoms in total. The molecule has 0 aromatic carbocycles. The minimum Gasteiger partial charge on any atom is -0.370 e. The summed E-state index contributed by atoms with van der Waals surface area (Å²) in [5, 5.41) is 3.12. The van der Waals surface area contributed by atoms with E-state index in [4.69, 9.17) is 0 Å². The lowest BCUT2D eigenvalue weighted by atomic mass is 10.2. The van der Waals surface area contributed by atoms with E-state index in [-0.39, 0.29) is 6.42 Å². The van der Waals surface area contributed by atoms with Crippen LogP contribution in [-0.2, 0) is 6.42 Å². The molecular weight excluding hydrogens is 255 g/mol. The van der Waals surface area contributed by atoms with Crippen LogP contribution in [0.5, 0.6) is 0 Å². The molecule has 0 amide bonds. The normalized spacial score (nSPS) is 15.6. The van der Waals surface area contributed by atoms with Crippen molar-refractivity contribution in [2.24, 2.45) is 0 Å². The fraction of sp³-hybridized carbons (Fsp3) is 0.692. The summed E-state index contributed by atoms with van der Waals surface area (Å²) in [4.78, 5) is 8.42. The van der Waals surface area contributed by atoms with Crippen molar-refractivity contribution in [2.75, 3.05) is 11.9 Å². The van der Waals surface area contributed by atoms with Gasteiger partial charge in [0.05, 0.1) is 6.42 Å². The Morgan fingerprint density at radius 1 is 1.32 bits per heavy atom. The first kappa shape index (κ1) is 14.1. The summed E-state index contributed by atoms with van der Waals surface area (Å²) >= 11 is 0. The van der Waals surface area contributed by atoms with Gasteiger partial charge in [0.2, 0.25) is 0 Å². The average molecular weight is 273 g/mol. The van der Waals surface area contributed by atoms with Gasteiger partial charge in [-0.3, -0.25) is 0 Å². The topological polar surface area (TPSA) is 37.8 Å². The Morgan fingerprint density at radius 3 is 2.63 bits per heavy atom. The van der Waals surface area contributed by atoms with Crippen LogP contribution in [-0.4, -0.2) is 22.7 Å². The molecule has 0 atom stereocenters. The van der Waals surface area contributed by atoms with E-state index < -0.39 is 12.6 Å². The van der Waals surface area contributed by atoms with Crippen LogP contribution in [0.2, 0.25) is 0 Å². The highest BCUT2D eigenvalue weighted by Crippen LogP contribution is 2.39. The first-order chi connectivity index (χ1) is 8.98. The summed E-state index contributed by atoms with van der Waals surface area (Å²) in [5.74, 6) is 1.35. The van der Waals surface area contributed by atoms with Crippen LogP contribution in [0.25, 0.3) is 0 Å². The molecule has 1 aromatic rings. The maximum Gasteiger partial charge on any atom is 0.389 e. The summed E-state index contributed by atoms with van der Waals surface area (Å²) in [6, 6.07) is 1.87. The van der Waals surface area contributed by atoms with Gasteiger partial charge in [-0.25, -0.2) is 9.97 Å². The first-order valence-electron chi connectivity index (χ1n) is 6.66. The van der Waals surface area contributed by atoms with Gasteiger partial charge < -0.3 is 5.32 Å². The van der Waals surface area contributed by atoms with Crippen LogP contribution < -0.4 is 5.32 Å². The van der Waals surface area contributed by atoms with Gasteiger partial charge in [0, 0.05) is 30.6 Å². The molecule has 1 aliphatic carbocycles. The van der Waals surface area contributed by atoms with Gasteiger partial charge in [-0.15, -0.1) is 0 Å². The third kappa shape index (κ3) is 4.69. The molecule has 106 valence electrons. The average Bonchev–Trinajstić information content (AvgIpc) is 3.17. The Hall–Kier alpha value is -1.33. The third-order valence-electron chi connectivity index (χ3n) is 2.98. The van der Waals surface area contributed by atoms with Crippen molar-refractivity contribution in [3.8, 4) is 0 Å². The molecule has 6 heteroatoms. The van der Waals surface area contributed by atoms with Crippen LogP contribution in [0.3, 0.4) is 0 Å². The van der Waals surface area contributed by atoms with Gasteiger partial charge in [0.15, 0.2) is 0 Å². The van der Waals surface area contributed by atoms with Crippen LogP contribution in [0.15, 0.2) is 6.07 Å². The monoisotopic (exact) mass is 273 g/mol. The molecule has 0 unspecified atom stereocenters. The number of rotatable bonds is 6. The molecule has 1 aliphatic rings. The molecule has 1 fully saturated rings. The van der Waals surface area contributed by atoms with Crippen LogP contribution >= 0.6 is 0 Å². The smallest absolute Gasteiger partial charge is 0.370 e. The molecule has 2 rings (SSSR count). The Balaban J connectivity index is 2.09. The molecule has 0 aliphatic heterocycles. The second-order valence-corrected chi connectivity index (χ2v) is 4.91. The van der Waals surface area contributed by atoms with E-state index in [9.17, 15) is 13.2 Å². The number of aromatic nitrogens is 2. The van der Waals surface area contributed by atoms with E-state index in [0.717, 1.165) is 31.5 Å². The Bertz CT molecular complexity index is 428. The number of nitrogens with one attached hydrogen (secondary N) is 1. The highest BCUT2D eigenvalue weighted by molar-refractivity contribution is 5.38. The minimum absolute atomic E-state index is 0.148. The van der Waals surface area contributed by atoms with Crippen LogP contribution in [0.1, 0.15) is 50.0 Å². The summed E-state index contributed by atoms with van der Waals surface area (Å²) < 4.78 is 36.7. The number of hydrogen-bond acceptors (Lipinski definition) is 3. The van der Waals surface area contributed by atoms with Crippen LogP contribution in [0.4, 0.5) is 19.0 Å². The number of aryl methyl sites for hydroxylation is 1. The van der Waals surface area contributed by atoms with E-state index in [0.29, 0.717) is 17.6 Å². The Morgan fingerprint density at radius 2 is 2.05 bits per heavy atom. The number of nitrogens with zero attached hydrogens (tertiary/aromatic N) is 2. The van der Waals surface area contributed by atoms with Crippen molar-refractivity contribution < 1.29 is 13.2 Å². The quantitative estimate of drug-likeness (QED) is 0.859. The lowest BCUT2D eigenvalue weighted by molar-refractivity contribution is -0.134. The van der Waals surface area contributed by atoms with Crippen LogP contribution in [0, 0.1) is 0 Å². The lowest BCUT2D eigenvalue weighted by Gasteiger charge is -2.10.